The Hall–Kier alpha value is -0.400. The summed E-state index contributed by atoms with van der Waals surface area (Å²) in [6.07, 6.45) is 3.08. The predicted octanol–water partition coefficient (Wildman–Crippen LogP) is 3.12. The van der Waals surface area contributed by atoms with E-state index in [2.05, 4.69) is 20.8 Å². The lowest BCUT2D eigenvalue weighted by molar-refractivity contribution is -0.334. The van der Waals surface area contributed by atoms with Crippen LogP contribution in [-0.4, -0.2) is 105 Å². The fourth-order valence-electron chi connectivity index (χ4n) is 13.1. The van der Waals surface area contributed by atoms with Crippen molar-refractivity contribution in [2.24, 2.45) is 51.8 Å². The van der Waals surface area contributed by atoms with Gasteiger partial charge in [-0.1, -0.05) is 27.2 Å². The molecule has 2 heterocycles. The van der Waals surface area contributed by atoms with Crippen LogP contribution >= 0.6 is 0 Å². The standard InChI is InChI=1S/C37H62O10/c1-19-16-25(39)29(40)33(45-19)44-17-27-30(41)31(42)32(43)34(47-27)46-26-11-14-35(3)22(20(26)2)9-13-36(4)23-10-15-37(18-38)12-5-6-24(37)21(23)7-8-28(35)36/h19-34,38-43H,5-18H2,1-4H3. The van der Waals surface area contributed by atoms with Crippen molar-refractivity contribution >= 4 is 0 Å². The number of hydrogen-bond donors (Lipinski definition) is 6. The normalized spacial score (nSPS) is 57.8. The lowest BCUT2D eigenvalue weighted by Crippen LogP contribution is -2.63. The lowest BCUT2D eigenvalue weighted by atomic mass is 9.37. The summed E-state index contributed by atoms with van der Waals surface area (Å²) in [6, 6.07) is 0. The average Bonchev–Trinajstić information content (AvgIpc) is 3.49. The fraction of sp³-hybridized carbons (Fsp3) is 1.00. The van der Waals surface area contributed by atoms with Gasteiger partial charge in [-0.3, -0.25) is 0 Å². The molecule has 270 valence electrons. The number of ether oxygens (including phenoxy) is 4. The molecule has 0 radical (unpaired) electrons. The van der Waals surface area contributed by atoms with Gasteiger partial charge in [0.15, 0.2) is 12.6 Å². The highest BCUT2D eigenvalue weighted by Gasteiger charge is 2.65. The summed E-state index contributed by atoms with van der Waals surface area (Å²) in [5.41, 5.74) is 0.715. The van der Waals surface area contributed by atoms with Gasteiger partial charge in [0.05, 0.1) is 24.9 Å². The fourth-order valence-corrected chi connectivity index (χ4v) is 13.1. The van der Waals surface area contributed by atoms with Crippen LogP contribution in [0.2, 0.25) is 0 Å². The van der Waals surface area contributed by atoms with Crippen LogP contribution in [0.1, 0.15) is 105 Å². The molecule has 5 aliphatic carbocycles. The Labute approximate surface area is 280 Å². The molecule has 6 N–H and O–H groups in total. The van der Waals surface area contributed by atoms with Crippen LogP contribution in [0.25, 0.3) is 0 Å². The van der Waals surface area contributed by atoms with Crippen LogP contribution in [0, 0.1) is 51.8 Å². The van der Waals surface area contributed by atoms with Crippen molar-refractivity contribution in [3.8, 4) is 0 Å². The van der Waals surface area contributed by atoms with Gasteiger partial charge >= 0.3 is 0 Å². The summed E-state index contributed by atoms with van der Waals surface area (Å²) < 4.78 is 24.0. The Balaban J connectivity index is 1.01. The van der Waals surface area contributed by atoms with E-state index < -0.39 is 49.2 Å². The zero-order valence-corrected chi connectivity index (χ0v) is 29.0. The third-order valence-corrected chi connectivity index (χ3v) is 15.6. The summed E-state index contributed by atoms with van der Waals surface area (Å²) in [6.45, 7) is 9.38. The van der Waals surface area contributed by atoms with Gasteiger partial charge in [-0.2, -0.15) is 0 Å². The maximum absolute atomic E-state index is 10.9. The molecule has 10 nitrogen and oxygen atoms in total. The minimum Gasteiger partial charge on any atom is -0.396 e. The molecule has 5 saturated carbocycles. The smallest absolute Gasteiger partial charge is 0.186 e. The first-order valence-electron chi connectivity index (χ1n) is 18.9. The first-order valence-corrected chi connectivity index (χ1v) is 18.9. The SMILES string of the molecule is CC1CC(O)C(O)C(OCC2OC(OC3CCC4(C)C(CCC5(C)C6CCC7(CO)CCCC7C6CCC45)C3C)C(O)C(O)C2O)O1. The molecule has 0 amide bonds. The van der Waals surface area contributed by atoms with Crippen molar-refractivity contribution < 1.29 is 49.6 Å². The second-order valence-corrected chi connectivity index (χ2v) is 17.6. The molecule has 19 unspecified atom stereocenters. The number of aliphatic hydroxyl groups is 6. The summed E-state index contributed by atoms with van der Waals surface area (Å²) in [7, 11) is 0. The van der Waals surface area contributed by atoms with E-state index in [-0.39, 0.29) is 42.0 Å². The number of hydrogen-bond acceptors (Lipinski definition) is 10. The Morgan fingerprint density at radius 1 is 0.702 bits per heavy atom. The van der Waals surface area contributed by atoms with Crippen molar-refractivity contribution in [2.75, 3.05) is 13.2 Å². The topological polar surface area (TPSA) is 158 Å². The van der Waals surface area contributed by atoms with E-state index in [9.17, 15) is 30.6 Å². The minimum atomic E-state index is -1.49. The Morgan fingerprint density at radius 2 is 1.43 bits per heavy atom. The molecule has 2 saturated heterocycles. The van der Waals surface area contributed by atoms with E-state index in [1.807, 2.05) is 0 Å². The second kappa shape index (κ2) is 13.0. The maximum atomic E-state index is 10.9. The van der Waals surface area contributed by atoms with E-state index in [4.69, 9.17) is 18.9 Å². The Morgan fingerprint density at radius 3 is 2.19 bits per heavy atom. The van der Waals surface area contributed by atoms with E-state index in [1.54, 1.807) is 6.92 Å². The van der Waals surface area contributed by atoms with Gasteiger partial charge in [0.2, 0.25) is 0 Å². The molecule has 10 heteroatoms. The largest absolute Gasteiger partial charge is 0.396 e. The Kier molecular flexibility index (Phi) is 9.67. The van der Waals surface area contributed by atoms with Gasteiger partial charge in [0, 0.05) is 13.0 Å². The quantitative estimate of drug-likeness (QED) is 0.233. The number of fused-ring (bicyclic) bond motifs is 7. The first kappa shape index (κ1) is 35.0. The van der Waals surface area contributed by atoms with Crippen LogP contribution in [0.5, 0.6) is 0 Å². The summed E-state index contributed by atoms with van der Waals surface area (Å²) in [5, 5.41) is 63.4. The van der Waals surface area contributed by atoms with Crippen LogP contribution < -0.4 is 0 Å². The lowest BCUT2D eigenvalue weighted by Gasteiger charge is -2.68. The van der Waals surface area contributed by atoms with E-state index in [1.165, 1.54) is 51.4 Å². The van der Waals surface area contributed by atoms with Crippen molar-refractivity contribution in [1.82, 2.24) is 0 Å². The van der Waals surface area contributed by atoms with E-state index >= 15 is 0 Å². The highest BCUT2D eigenvalue weighted by molar-refractivity contribution is 5.13. The summed E-state index contributed by atoms with van der Waals surface area (Å²) in [5.74, 6) is 3.57. The monoisotopic (exact) mass is 666 g/mol. The molecule has 0 bridgehead atoms. The molecule has 47 heavy (non-hydrogen) atoms. The zero-order chi connectivity index (χ0) is 33.5. The number of rotatable bonds is 6. The molecule has 0 aromatic rings. The van der Waals surface area contributed by atoms with Gasteiger partial charge in [-0.15, -0.1) is 0 Å². The maximum Gasteiger partial charge on any atom is 0.186 e. The van der Waals surface area contributed by atoms with Crippen molar-refractivity contribution in [2.45, 2.75) is 166 Å². The summed E-state index contributed by atoms with van der Waals surface area (Å²) in [4.78, 5) is 0. The minimum absolute atomic E-state index is 0.157. The molecule has 2 aliphatic heterocycles. The van der Waals surface area contributed by atoms with Gasteiger partial charge in [-0.25, -0.2) is 0 Å². The van der Waals surface area contributed by atoms with Gasteiger partial charge in [-0.05, 0) is 123 Å². The van der Waals surface area contributed by atoms with Crippen LogP contribution in [0.3, 0.4) is 0 Å². The molecular formula is C37H62O10. The molecular weight excluding hydrogens is 604 g/mol. The molecule has 0 spiro atoms. The van der Waals surface area contributed by atoms with Gasteiger partial charge in [0.1, 0.15) is 30.5 Å². The molecule has 19 atom stereocenters. The van der Waals surface area contributed by atoms with Crippen LogP contribution in [-0.2, 0) is 18.9 Å². The molecule has 7 aliphatic rings. The van der Waals surface area contributed by atoms with Crippen LogP contribution in [0.4, 0.5) is 0 Å². The molecule has 0 aromatic heterocycles. The highest BCUT2D eigenvalue weighted by atomic mass is 16.7. The van der Waals surface area contributed by atoms with Crippen LogP contribution in [0.15, 0.2) is 0 Å². The third kappa shape index (κ3) is 5.67. The average molecular weight is 667 g/mol. The van der Waals surface area contributed by atoms with Gasteiger partial charge in [0.25, 0.3) is 0 Å². The third-order valence-electron chi connectivity index (χ3n) is 15.6. The van der Waals surface area contributed by atoms with Crippen molar-refractivity contribution in [3.05, 3.63) is 0 Å². The van der Waals surface area contributed by atoms with Gasteiger partial charge < -0.3 is 49.6 Å². The predicted molar refractivity (Wildman–Crippen MR) is 172 cm³/mol. The van der Waals surface area contributed by atoms with E-state index in [0.717, 1.165) is 31.1 Å². The highest BCUT2D eigenvalue weighted by Crippen LogP contribution is 2.71. The van der Waals surface area contributed by atoms with Crippen molar-refractivity contribution in [1.29, 1.82) is 0 Å². The van der Waals surface area contributed by atoms with E-state index in [0.29, 0.717) is 29.8 Å². The zero-order valence-electron chi connectivity index (χ0n) is 29.0. The molecule has 7 rings (SSSR count). The number of aliphatic hydroxyl groups excluding tert-OH is 6. The second-order valence-electron chi connectivity index (χ2n) is 17.6. The molecule has 0 aromatic carbocycles. The molecule has 7 fully saturated rings. The Bertz CT molecular complexity index is 1110. The first-order chi connectivity index (χ1) is 22.3. The van der Waals surface area contributed by atoms with Crippen molar-refractivity contribution in [3.63, 3.8) is 0 Å². The summed E-state index contributed by atoms with van der Waals surface area (Å²) >= 11 is 0.